The SMILES string of the molecule is Cc1ccc(CNC(=O)c2ccnc(N(C)CCc3ccncc3)c2)cc1. The topological polar surface area (TPSA) is 58.1 Å². The number of amides is 1. The van der Waals surface area contributed by atoms with Gasteiger partial charge in [-0.1, -0.05) is 29.8 Å². The largest absolute Gasteiger partial charge is 0.359 e. The molecule has 5 nitrogen and oxygen atoms in total. The molecule has 2 aromatic heterocycles. The van der Waals surface area contributed by atoms with Crippen molar-refractivity contribution in [1.29, 1.82) is 0 Å². The average molecular weight is 360 g/mol. The van der Waals surface area contributed by atoms with Crippen LogP contribution in [0.2, 0.25) is 0 Å². The maximum atomic E-state index is 12.5. The fourth-order valence-corrected chi connectivity index (χ4v) is 2.72. The van der Waals surface area contributed by atoms with E-state index in [2.05, 4.69) is 20.2 Å². The normalized spacial score (nSPS) is 10.4. The molecule has 3 rings (SSSR count). The van der Waals surface area contributed by atoms with Crippen molar-refractivity contribution in [2.45, 2.75) is 19.9 Å². The van der Waals surface area contributed by atoms with Gasteiger partial charge < -0.3 is 10.2 Å². The maximum absolute atomic E-state index is 12.5. The summed E-state index contributed by atoms with van der Waals surface area (Å²) in [5.41, 5.74) is 4.13. The summed E-state index contributed by atoms with van der Waals surface area (Å²) in [6.07, 6.45) is 6.17. The van der Waals surface area contributed by atoms with Crippen LogP contribution in [-0.2, 0) is 13.0 Å². The molecule has 0 fully saturated rings. The summed E-state index contributed by atoms with van der Waals surface area (Å²) in [6.45, 7) is 3.37. The van der Waals surface area contributed by atoms with E-state index in [1.54, 1.807) is 24.7 Å². The predicted molar refractivity (Wildman–Crippen MR) is 108 cm³/mol. The molecule has 3 aromatic rings. The number of aromatic nitrogens is 2. The smallest absolute Gasteiger partial charge is 0.251 e. The Labute approximate surface area is 160 Å². The summed E-state index contributed by atoms with van der Waals surface area (Å²) in [4.78, 5) is 23.0. The van der Waals surface area contributed by atoms with E-state index >= 15 is 0 Å². The Morgan fingerprint density at radius 1 is 1.00 bits per heavy atom. The Morgan fingerprint density at radius 3 is 2.48 bits per heavy atom. The minimum absolute atomic E-state index is 0.0956. The zero-order chi connectivity index (χ0) is 19.1. The second kappa shape index (κ2) is 8.94. The third-order valence-electron chi connectivity index (χ3n) is 4.46. The van der Waals surface area contributed by atoms with Crippen molar-refractivity contribution in [3.05, 3.63) is 89.4 Å². The standard InChI is InChI=1S/C22H24N4O/c1-17-3-5-19(6-4-17)16-25-22(27)20-9-13-24-21(15-20)26(2)14-10-18-7-11-23-12-8-18/h3-9,11-13,15H,10,14,16H2,1-2H3,(H,25,27). The molecule has 1 amide bonds. The number of benzene rings is 1. The van der Waals surface area contributed by atoms with Gasteiger partial charge in [-0.3, -0.25) is 9.78 Å². The van der Waals surface area contributed by atoms with Crippen molar-refractivity contribution in [3.8, 4) is 0 Å². The molecule has 1 aromatic carbocycles. The number of aryl methyl sites for hydroxylation is 1. The first kappa shape index (κ1) is 18.6. The van der Waals surface area contributed by atoms with Crippen LogP contribution < -0.4 is 10.2 Å². The molecule has 0 aliphatic rings. The number of carbonyl (C=O) groups is 1. The van der Waals surface area contributed by atoms with Crippen molar-refractivity contribution >= 4 is 11.7 Å². The van der Waals surface area contributed by atoms with E-state index in [0.717, 1.165) is 24.3 Å². The molecule has 5 heteroatoms. The Morgan fingerprint density at radius 2 is 1.74 bits per heavy atom. The first-order valence-electron chi connectivity index (χ1n) is 9.01. The Balaban J connectivity index is 1.58. The van der Waals surface area contributed by atoms with Gasteiger partial charge in [0, 0.05) is 44.3 Å². The molecule has 0 atom stereocenters. The van der Waals surface area contributed by atoms with E-state index < -0.39 is 0 Å². The summed E-state index contributed by atoms with van der Waals surface area (Å²) in [5.74, 6) is 0.689. The Hall–Kier alpha value is -3.21. The molecule has 0 saturated heterocycles. The minimum atomic E-state index is -0.0956. The Kier molecular flexibility index (Phi) is 6.15. The van der Waals surface area contributed by atoms with Crippen molar-refractivity contribution in [1.82, 2.24) is 15.3 Å². The fourth-order valence-electron chi connectivity index (χ4n) is 2.72. The van der Waals surface area contributed by atoms with Gasteiger partial charge in [0.1, 0.15) is 5.82 Å². The quantitative estimate of drug-likeness (QED) is 0.702. The van der Waals surface area contributed by atoms with Gasteiger partial charge in [0.05, 0.1) is 0 Å². The Bertz CT molecular complexity index is 878. The van der Waals surface area contributed by atoms with Crippen LogP contribution in [0, 0.1) is 6.92 Å². The molecule has 0 bridgehead atoms. The monoisotopic (exact) mass is 360 g/mol. The van der Waals surface area contributed by atoms with Gasteiger partial charge in [-0.25, -0.2) is 4.98 Å². The van der Waals surface area contributed by atoms with Crippen LogP contribution in [0.25, 0.3) is 0 Å². The molecule has 0 aliphatic carbocycles. The van der Waals surface area contributed by atoms with Gasteiger partial charge >= 0.3 is 0 Å². The third kappa shape index (κ3) is 5.38. The first-order valence-corrected chi connectivity index (χ1v) is 9.01. The summed E-state index contributed by atoms with van der Waals surface area (Å²) >= 11 is 0. The number of pyridine rings is 2. The van der Waals surface area contributed by atoms with E-state index in [9.17, 15) is 4.79 Å². The molecule has 0 unspecified atom stereocenters. The highest BCUT2D eigenvalue weighted by Gasteiger charge is 2.09. The number of nitrogens with one attached hydrogen (secondary N) is 1. The zero-order valence-corrected chi connectivity index (χ0v) is 15.7. The number of likely N-dealkylation sites (N-methyl/N-ethyl adjacent to an activating group) is 1. The summed E-state index contributed by atoms with van der Waals surface area (Å²) in [6, 6.07) is 15.7. The van der Waals surface area contributed by atoms with Crippen LogP contribution in [0.4, 0.5) is 5.82 Å². The van der Waals surface area contributed by atoms with Crippen molar-refractivity contribution in [3.63, 3.8) is 0 Å². The van der Waals surface area contributed by atoms with Crippen molar-refractivity contribution in [2.75, 3.05) is 18.5 Å². The van der Waals surface area contributed by atoms with Gasteiger partial charge in [-0.2, -0.15) is 0 Å². The van der Waals surface area contributed by atoms with Crippen LogP contribution in [0.5, 0.6) is 0 Å². The second-order valence-electron chi connectivity index (χ2n) is 6.60. The average Bonchev–Trinajstić information content (AvgIpc) is 2.72. The minimum Gasteiger partial charge on any atom is -0.359 e. The van der Waals surface area contributed by atoms with Crippen LogP contribution in [-0.4, -0.2) is 29.5 Å². The second-order valence-corrected chi connectivity index (χ2v) is 6.60. The molecular weight excluding hydrogens is 336 g/mol. The van der Waals surface area contributed by atoms with E-state index in [0.29, 0.717) is 12.1 Å². The summed E-state index contributed by atoms with van der Waals surface area (Å²) in [5, 5.41) is 2.97. The molecule has 2 heterocycles. The predicted octanol–water partition coefficient (Wildman–Crippen LogP) is 3.39. The van der Waals surface area contributed by atoms with Crippen LogP contribution in [0.1, 0.15) is 27.0 Å². The van der Waals surface area contributed by atoms with E-state index in [4.69, 9.17) is 0 Å². The van der Waals surface area contributed by atoms with Gasteiger partial charge in [-0.15, -0.1) is 0 Å². The van der Waals surface area contributed by atoms with Gasteiger partial charge in [0.2, 0.25) is 0 Å². The first-order chi connectivity index (χ1) is 13.1. The lowest BCUT2D eigenvalue weighted by molar-refractivity contribution is 0.0951. The van der Waals surface area contributed by atoms with E-state index in [1.165, 1.54) is 11.1 Å². The van der Waals surface area contributed by atoms with E-state index in [-0.39, 0.29) is 5.91 Å². The summed E-state index contributed by atoms with van der Waals surface area (Å²) < 4.78 is 0. The van der Waals surface area contributed by atoms with E-state index in [1.807, 2.05) is 56.4 Å². The summed E-state index contributed by atoms with van der Waals surface area (Å²) in [7, 11) is 1.98. The number of rotatable bonds is 7. The lowest BCUT2D eigenvalue weighted by Gasteiger charge is -2.18. The molecular formula is C22H24N4O. The number of nitrogens with zero attached hydrogens (tertiary/aromatic N) is 3. The molecule has 138 valence electrons. The highest BCUT2D eigenvalue weighted by atomic mass is 16.1. The molecule has 0 radical (unpaired) electrons. The number of carbonyl (C=O) groups excluding carboxylic acids is 1. The molecule has 0 aliphatic heterocycles. The van der Waals surface area contributed by atoms with Gasteiger partial charge in [-0.05, 0) is 48.7 Å². The highest BCUT2D eigenvalue weighted by molar-refractivity contribution is 5.94. The van der Waals surface area contributed by atoms with Crippen LogP contribution >= 0.6 is 0 Å². The third-order valence-corrected chi connectivity index (χ3v) is 4.46. The van der Waals surface area contributed by atoms with Gasteiger partial charge in [0.25, 0.3) is 5.91 Å². The molecule has 27 heavy (non-hydrogen) atoms. The van der Waals surface area contributed by atoms with Crippen molar-refractivity contribution in [2.24, 2.45) is 0 Å². The zero-order valence-electron chi connectivity index (χ0n) is 15.7. The maximum Gasteiger partial charge on any atom is 0.251 e. The van der Waals surface area contributed by atoms with Crippen LogP contribution in [0.15, 0.2) is 67.1 Å². The molecule has 1 N–H and O–H groups in total. The van der Waals surface area contributed by atoms with Crippen molar-refractivity contribution < 1.29 is 4.79 Å². The molecule has 0 saturated carbocycles. The number of hydrogen-bond acceptors (Lipinski definition) is 4. The van der Waals surface area contributed by atoms with Gasteiger partial charge in [0.15, 0.2) is 0 Å². The number of hydrogen-bond donors (Lipinski definition) is 1. The highest BCUT2D eigenvalue weighted by Crippen LogP contribution is 2.12. The fraction of sp³-hybridized carbons (Fsp3) is 0.227. The van der Waals surface area contributed by atoms with Crippen LogP contribution in [0.3, 0.4) is 0 Å². The lowest BCUT2D eigenvalue weighted by Crippen LogP contribution is -2.25. The molecule has 0 spiro atoms. The lowest BCUT2D eigenvalue weighted by atomic mass is 10.1. The number of anilines is 1.